The monoisotopic (exact) mass is 564 g/mol. The van der Waals surface area contributed by atoms with E-state index in [1.807, 2.05) is 32.6 Å². The van der Waals surface area contributed by atoms with Crippen molar-refractivity contribution in [1.82, 2.24) is 14.0 Å². The number of anilines is 1. The second-order valence-electron chi connectivity index (χ2n) is 11.6. The summed E-state index contributed by atoms with van der Waals surface area (Å²) in [6, 6.07) is 7.34. The highest BCUT2D eigenvalue weighted by Gasteiger charge is 2.41. The Labute approximate surface area is 229 Å². The van der Waals surface area contributed by atoms with Gasteiger partial charge in [-0.15, -0.1) is 0 Å². The fraction of sp³-hybridized carbons (Fsp3) is 0.556. The van der Waals surface area contributed by atoms with Gasteiger partial charge in [0.1, 0.15) is 17.4 Å². The largest absolute Gasteiger partial charge is 0.493 e. The Hall–Kier alpha value is -2.80. The average Bonchev–Trinajstić information content (AvgIpc) is 3.33. The third-order valence-corrected chi connectivity index (χ3v) is 8.41. The molecule has 0 radical (unpaired) electrons. The van der Waals surface area contributed by atoms with Crippen LogP contribution in [0.3, 0.4) is 0 Å². The molecule has 1 aromatic carbocycles. The number of ether oxygens (including phenoxy) is 1. The van der Waals surface area contributed by atoms with Gasteiger partial charge in [0, 0.05) is 36.8 Å². The van der Waals surface area contributed by atoms with Crippen LogP contribution >= 0.6 is 0 Å². The van der Waals surface area contributed by atoms with E-state index in [2.05, 4.69) is 11.6 Å². The number of β-amino-alcohol motifs (C(OH)–C–C–N with tert-alkyl or cyclic N) is 2. The van der Waals surface area contributed by atoms with Crippen molar-refractivity contribution in [3.63, 3.8) is 0 Å². The maximum Gasteiger partial charge on any atom is 0.304 e. The lowest BCUT2D eigenvalue weighted by Crippen LogP contribution is -2.44. The van der Waals surface area contributed by atoms with Gasteiger partial charge in [-0.3, -0.25) is 4.79 Å². The van der Waals surface area contributed by atoms with Gasteiger partial charge < -0.3 is 19.8 Å². The molecule has 2 saturated heterocycles. The summed E-state index contributed by atoms with van der Waals surface area (Å²) in [6.45, 7) is 10.5. The Kier molecular flexibility index (Phi) is 8.23. The van der Waals surface area contributed by atoms with Gasteiger partial charge in [-0.2, -0.15) is 12.7 Å². The van der Waals surface area contributed by atoms with E-state index in [0.29, 0.717) is 36.1 Å². The summed E-state index contributed by atoms with van der Waals surface area (Å²) in [7, 11) is -4.34. The highest BCUT2D eigenvalue weighted by molar-refractivity contribution is 7.87. The zero-order valence-electron chi connectivity index (χ0n) is 22.9. The molecule has 0 saturated carbocycles. The number of aliphatic hydroxyl groups excluding tert-OH is 2. The number of nitrogens with zero attached hydrogens (tertiary/aromatic N) is 3. The van der Waals surface area contributed by atoms with Crippen LogP contribution in [0.5, 0.6) is 5.75 Å². The first kappa shape index (κ1) is 29.2. The van der Waals surface area contributed by atoms with E-state index in [1.165, 1.54) is 18.2 Å². The van der Waals surface area contributed by atoms with Crippen LogP contribution < -0.4 is 14.4 Å². The lowest BCUT2D eigenvalue weighted by atomic mass is 9.97. The smallest absolute Gasteiger partial charge is 0.304 e. The van der Waals surface area contributed by atoms with Crippen LogP contribution in [-0.2, 0) is 10.2 Å². The van der Waals surface area contributed by atoms with E-state index in [-0.39, 0.29) is 35.9 Å². The van der Waals surface area contributed by atoms with Crippen LogP contribution in [-0.4, -0.2) is 77.8 Å². The third-order valence-electron chi connectivity index (χ3n) is 6.99. The van der Waals surface area contributed by atoms with Gasteiger partial charge in [0.25, 0.3) is 5.91 Å². The number of hydrogen-bond donors (Lipinski definition) is 3. The Morgan fingerprint density at radius 3 is 2.44 bits per heavy atom. The van der Waals surface area contributed by atoms with Crippen molar-refractivity contribution in [1.29, 1.82) is 0 Å². The van der Waals surface area contributed by atoms with E-state index in [0.717, 1.165) is 10.7 Å². The highest BCUT2D eigenvalue weighted by Crippen LogP contribution is 2.38. The molecule has 0 unspecified atom stereocenters. The normalized spacial score (nSPS) is 23.4. The van der Waals surface area contributed by atoms with Crippen LogP contribution in [0.4, 0.5) is 10.2 Å². The topological polar surface area (TPSA) is 132 Å². The molecule has 0 spiro atoms. The molecular weight excluding hydrogens is 527 g/mol. The number of amides is 1. The summed E-state index contributed by atoms with van der Waals surface area (Å²) in [5.74, 6) is -0.196. The van der Waals surface area contributed by atoms with E-state index in [9.17, 15) is 27.8 Å². The minimum atomic E-state index is -4.34. The molecule has 2 fully saturated rings. The first-order chi connectivity index (χ1) is 18.2. The molecule has 0 bridgehead atoms. The highest BCUT2D eigenvalue weighted by atomic mass is 32.2. The molecule has 2 aliphatic heterocycles. The van der Waals surface area contributed by atoms with Gasteiger partial charge in [0.05, 0.1) is 30.1 Å². The quantitative estimate of drug-likeness (QED) is 0.446. The van der Waals surface area contributed by atoms with E-state index in [1.54, 1.807) is 12.1 Å². The predicted molar refractivity (Wildman–Crippen MR) is 145 cm³/mol. The summed E-state index contributed by atoms with van der Waals surface area (Å²) < 4.78 is 48.9. The SMILES string of the molecule is CC(C)COc1cc(F)cc(-c2ccc(C(=O)NS(=O)(=O)N3C[C@@H](O)[C@@H](O)C3)c(N3C[C@@H](C)CC3(C)C)n2)c1. The Bertz CT molecular complexity index is 1330. The lowest BCUT2D eigenvalue weighted by molar-refractivity contribution is 0.0572. The van der Waals surface area contributed by atoms with Crippen LogP contribution in [0.2, 0.25) is 0 Å². The fourth-order valence-electron chi connectivity index (χ4n) is 5.18. The maximum atomic E-state index is 14.5. The minimum absolute atomic E-state index is 0.0393. The molecule has 1 amide bonds. The number of halogens is 1. The van der Waals surface area contributed by atoms with Gasteiger partial charge >= 0.3 is 10.2 Å². The third kappa shape index (κ3) is 6.51. The van der Waals surface area contributed by atoms with Crippen molar-refractivity contribution in [3.05, 3.63) is 41.7 Å². The molecule has 0 aliphatic carbocycles. The lowest BCUT2D eigenvalue weighted by Gasteiger charge is -2.34. The molecule has 12 heteroatoms. The zero-order chi connectivity index (χ0) is 28.7. The van der Waals surface area contributed by atoms with Gasteiger partial charge in [0.2, 0.25) is 0 Å². The summed E-state index contributed by atoms with van der Waals surface area (Å²) in [5, 5.41) is 19.5. The van der Waals surface area contributed by atoms with Crippen molar-refractivity contribution in [3.8, 4) is 17.0 Å². The van der Waals surface area contributed by atoms with Crippen molar-refractivity contribution >= 4 is 21.9 Å². The molecule has 3 atom stereocenters. The predicted octanol–water partition coefficient (Wildman–Crippen LogP) is 2.56. The second kappa shape index (κ2) is 11.0. The van der Waals surface area contributed by atoms with Gasteiger partial charge in [-0.25, -0.2) is 14.1 Å². The molecule has 39 heavy (non-hydrogen) atoms. The Balaban J connectivity index is 1.72. The first-order valence-electron chi connectivity index (χ1n) is 13.1. The molecule has 4 rings (SSSR count). The van der Waals surface area contributed by atoms with E-state index < -0.39 is 34.1 Å². The van der Waals surface area contributed by atoms with Crippen LogP contribution in [0.1, 0.15) is 51.4 Å². The van der Waals surface area contributed by atoms with Crippen molar-refractivity contribution in [2.45, 2.75) is 58.8 Å². The maximum absolute atomic E-state index is 14.5. The summed E-state index contributed by atoms with van der Waals surface area (Å²) in [6.07, 6.45) is -1.64. The minimum Gasteiger partial charge on any atom is -0.493 e. The summed E-state index contributed by atoms with van der Waals surface area (Å²) in [4.78, 5) is 20.1. The number of carbonyl (C=O) groups excluding carboxylic acids is 1. The van der Waals surface area contributed by atoms with Crippen molar-refractivity contribution in [2.75, 3.05) is 31.1 Å². The Morgan fingerprint density at radius 1 is 1.18 bits per heavy atom. The first-order valence-corrected chi connectivity index (χ1v) is 14.5. The van der Waals surface area contributed by atoms with Crippen LogP contribution in [0.25, 0.3) is 11.3 Å². The molecule has 3 heterocycles. The average molecular weight is 565 g/mol. The molecule has 2 aliphatic rings. The standard InChI is InChI=1S/C27H37FN4O6S/c1-16(2)15-38-20-9-18(8-19(28)10-20)22-7-6-21(25(29-22)32-12-17(3)11-27(32,4)5)26(35)30-39(36,37)31-13-23(33)24(34)14-31/h6-10,16-17,23-24,33-34H,11-15H2,1-5H3,(H,30,35)/t17-,23-,24+/m0/s1. The molecule has 1 aromatic heterocycles. The molecule has 214 valence electrons. The molecular formula is C27H37FN4O6S. The number of aliphatic hydroxyl groups is 2. The van der Waals surface area contributed by atoms with E-state index >= 15 is 0 Å². The summed E-state index contributed by atoms with van der Waals surface area (Å²) in [5.41, 5.74) is 0.520. The molecule has 2 aromatic rings. The van der Waals surface area contributed by atoms with Crippen LogP contribution in [0.15, 0.2) is 30.3 Å². The fourth-order valence-corrected chi connectivity index (χ4v) is 6.35. The number of nitrogens with one attached hydrogen (secondary N) is 1. The number of rotatable bonds is 8. The molecule has 3 N–H and O–H groups in total. The van der Waals surface area contributed by atoms with Crippen molar-refractivity contribution in [2.24, 2.45) is 11.8 Å². The second-order valence-corrected chi connectivity index (χ2v) is 13.2. The number of hydrogen-bond acceptors (Lipinski definition) is 8. The summed E-state index contributed by atoms with van der Waals surface area (Å²) >= 11 is 0. The van der Waals surface area contributed by atoms with E-state index in [4.69, 9.17) is 9.72 Å². The zero-order valence-corrected chi connectivity index (χ0v) is 23.7. The van der Waals surface area contributed by atoms with Gasteiger partial charge in [-0.05, 0) is 56.4 Å². The van der Waals surface area contributed by atoms with Gasteiger partial charge in [-0.1, -0.05) is 20.8 Å². The van der Waals surface area contributed by atoms with Crippen molar-refractivity contribution < 1.29 is 32.6 Å². The number of carbonyl (C=O) groups is 1. The molecule has 10 nitrogen and oxygen atoms in total. The number of pyridine rings is 1. The number of benzene rings is 1. The van der Waals surface area contributed by atoms with Crippen LogP contribution in [0, 0.1) is 17.7 Å². The van der Waals surface area contributed by atoms with Gasteiger partial charge in [0.15, 0.2) is 0 Å². The number of aromatic nitrogens is 1. The Morgan fingerprint density at radius 2 is 1.85 bits per heavy atom.